The lowest BCUT2D eigenvalue weighted by atomic mass is 9.95. The third-order valence-electron chi connectivity index (χ3n) is 3.55. The number of amides is 2. The second-order valence-electron chi connectivity index (χ2n) is 5.52. The highest BCUT2D eigenvalue weighted by Crippen LogP contribution is 2.28. The molecule has 0 aromatic heterocycles. The second kappa shape index (κ2) is 7.52. The molecule has 1 unspecified atom stereocenters. The highest BCUT2D eigenvalue weighted by molar-refractivity contribution is 6.31. The number of urea groups is 1. The quantitative estimate of drug-likeness (QED) is 0.756. The molecule has 0 spiro atoms. The van der Waals surface area contributed by atoms with Crippen LogP contribution in [0.3, 0.4) is 0 Å². The molecule has 0 saturated carbocycles. The van der Waals surface area contributed by atoms with E-state index in [2.05, 4.69) is 10.6 Å². The molecule has 6 heteroatoms. The minimum atomic E-state index is -0.435. The fourth-order valence-corrected chi connectivity index (χ4v) is 2.17. The van der Waals surface area contributed by atoms with Crippen molar-refractivity contribution in [3.05, 3.63) is 23.2 Å². The zero-order chi connectivity index (χ0) is 16.0. The Morgan fingerprint density at radius 1 is 1.43 bits per heavy atom. The van der Waals surface area contributed by atoms with E-state index in [9.17, 15) is 4.79 Å². The summed E-state index contributed by atoms with van der Waals surface area (Å²) in [5.74, 6) is 0. The predicted molar refractivity (Wildman–Crippen MR) is 88.3 cm³/mol. The lowest BCUT2D eigenvalue weighted by Crippen LogP contribution is -2.48. The van der Waals surface area contributed by atoms with Crippen LogP contribution >= 0.6 is 11.6 Å². The molecule has 0 aliphatic rings. The van der Waals surface area contributed by atoms with Crippen LogP contribution in [-0.4, -0.2) is 37.4 Å². The monoisotopic (exact) mass is 313 g/mol. The van der Waals surface area contributed by atoms with Crippen LogP contribution in [0.15, 0.2) is 18.2 Å². The average molecular weight is 314 g/mol. The summed E-state index contributed by atoms with van der Waals surface area (Å²) < 4.78 is 0. The summed E-state index contributed by atoms with van der Waals surface area (Å²) in [6, 6.07) is 5.04. The van der Waals surface area contributed by atoms with E-state index in [0.29, 0.717) is 17.1 Å². The molecule has 3 N–H and O–H groups in total. The van der Waals surface area contributed by atoms with Crippen LogP contribution in [0.2, 0.25) is 5.02 Å². The summed E-state index contributed by atoms with van der Waals surface area (Å²) in [6.45, 7) is 3.92. The van der Waals surface area contributed by atoms with Crippen molar-refractivity contribution in [3.8, 4) is 0 Å². The van der Waals surface area contributed by atoms with Gasteiger partial charge in [0.05, 0.1) is 11.4 Å². The largest absolute Gasteiger partial charge is 0.396 e. The summed E-state index contributed by atoms with van der Waals surface area (Å²) in [7, 11) is 3.79. The zero-order valence-electron chi connectivity index (χ0n) is 13.0. The van der Waals surface area contributed by atoms with Gasteiger partial charge in [-0.05, 0) is 38.0 Å². The first-order chi connectivity index (χ1) is 9.81. The fourth-order valence-electron chi connectivity index (χ4n) is 2.00. The maximum Gasteiger partial charge on any atom is 0.319 e. The van der Waals surface area contributed by atoms with Gasteiger partial charge in [0, 0.05) is 31.3 Å². The van der Waals surface area contributed by atoms with Crippen LogP contribution in [0.5, 0.6) is 0 Å². The van der Waals surface area contributed by atoms with Gasteiger partial charge in [-0.15, -0.1) is 0 Å². The minimum absolute atomic E-state index is 0.0325. The first-order valence-electron chi connectivity index (χ1n) is 6.98. The second-order valence-corrected chi connectivity index (χ2v) is 5.96. The van der Waals surface area contributed by atoms with Gasteiger partial charge in [0.2, 0.25) is 0 Å². The van der Waals surface area contributed by atoms with E-state index in [1.807, 2.05) is 38.9 Å². The zero-order valence-corrected chi connectivity index (χ0v) is 13.8. The van der Waals surface area contributed by atoms with Crippen LogP contribution in [0.1, 0.15) is 26.7 Å². The van der Waals surface area contributed by atoms with Gasteiger partial charge in [-0.25, -0.2) is 4.79 Å². The van der Waals surface area contributed by atoms with Crippen molar-refractivity contribution in [1.82, 2.24) is 5.32 Å². The number of nitrogens with one attached hydrogen (secondary N) is 2. The van der Waals surface area contributed by atoms with Crippen LogP contribution in [0.25, 0.3) is 0 Å². The molecule has 1 rings (SSSR count). The fraction of sp³-hybridized carbons (Fsp3) is 0.533. The normalized spacial score (nSPS) is 13.4. The van der Waals surface area contributed by atoms with E-state index in [-0.39, 0.29) is 12.6 Å². The molecule has 0 heterocycles. The number of hydrogen-bond acceptors (Lipinski definition) is 3. The van der Waals surface area contributed by atoms with E-state index in [1.165, 1.54) is 0 Å². The lowest BCUT2D eigenvalue weighted by molar-refractivity contribution is 0.208. The number of anilines is 2. The molecule has 1 atom stereocenters. The van der Waals surface area contributed by atoms with Crippen molar-refractivity contribution in [1.29, 1.82) is 0 Å². The lowest BCUT2D eigenvalue weighted by Gasteiger charge is -2.29. The summed E-state index contributed by atoms with van der Waals surface area (Å²) in [5.41, 5.74) is 1.08. The molecule has 0 fully saturated rings. The molecule has 5 nitrogen and oxygen atoms in total. The molecule has 118 valence electrons. The Kier molecular flexibility index (Phi) is 6.30. The van der Waals surface area contributed by atoms with Crippen molar-refractivity contribution < 1.29 is 9.90 Å². The number of benzene rings is 1. The molecule has 0 bridgehead atoms. The van der Waals surface area contributed by atoms with E-state index in [4.69, 9.17) is 16.7 Å². The summed E-state index contributed by atoms with van der Waals surface area (Å²) in [6.07, 6.45) is 1.24. The molecule has 21 heavy (non-hydrogen) atoms. The van der Waals surface area contributed by atoms with Gasteiger partial charge in [-0.1, -0.05) is 18.5 Å². The molecule has 2 amide bonds. The first kappa shape index (κ1) is 17.6. The smallest absolute Gasteiger partial charge is 0.319 e. The summed E-state index contributed by atoms with van der Waals surface area (Å²) in [5, 5.41) is 15.4. The van der Waals surface area contributed by atoms with Gasteiger partial charge in [-0.3, -0.25) is 0 Å². The number of rotatable bonds is 6. The number of hydrogen-bond donors (Lipinski definition) is 3. The Balaban J connectivity index is 2.86. The number of halogens is 1. The Bertz CT molecular complexity index is 494. The third kappa shape index (κ3) is 5.10. The Morgan fingerprint density at radius 3 is 2.62 bits per heavy atom. The molecule has 1 aromatic rings. The molecular weight excluding hydrogens is 290 g/mol. The van der Waals surface area contributed by atoms with E-state index in [1.54, 1.807) is 12.1 Å². The number of carbonyl (C=O) groups excluding carboxylic acids is 1. The first-order valence-corrected chi connectivity index (χ1v) is 7.36. The topological polar surface area (TPSA) is 64.6 Å². The van der Waals surface area contributed by atoms with E-state index >= 15 is 0 Å². The van der Waals surface area contributed by atoms with E-state index in [0.717, 1.165) is 12.1 Å². The van der Waals surface area contributed by atoms with Gasteiger partial charge in [0.15, 0.2) is 0 Å². The van der Waals surface area contributed by atoms with Crippen molar-refractivity contribution in [3.63, 3.8) is 0 Å². The van der Waals surface area contributed by atoms with Gasteiger partial charge in [0.25, 0.3) is 0 Å². The van der Waals surface area contributed by atoms with E-state index < -0.39 is 5.54 Å². The Hall–Kier alpha value is -1.46. The van der Waals surface area contributed by atoms with Crippen LogP contribution < -0.4 is 15.5 Å². The predicted octanol–water partition coefficient (Wildman–Crippen LogP) is 3.08. The number of aliphatic hydroxyl groups is 1. The van der Waals surface area contributed by atoms with Gasteiger partial charge in [-0.2, -0.15) is 0 Å². The standard InChI is InChI=1S/C15H24ClN3O2/c1-5-15(2,8-9-20)18-14(21)17-12-10-11(16)6-7-13(12)19(3)4/h6-7,10,20H,5,8-9H2,1-4H3,(H2,17,18,21). The van der Waals surface area contributed by atoms with Crippen molar-refractivity contribution >= 4 is 29.0 Å². The van der Waals surface area contributed by atoms with Crippen molar-refractivity contribution in [2.24, 2.45) is 0 Å². The average Bonchev–Trinajstić information content (AvgIpc) is 2.38. The molecule has 0 aliphatic carbocycles. The summed E-state index contributed by atoms with van der Waals surface area (Å²) >= 11 is 5.99. The Labute approximate surface area is 131 Å². The van der Waals surface area contributed by atoms with Crippen molar-refractivity contribution in [2.75, 3.05) is 30.9 Å². The SMILES string of the molecule is CCC(C)(CCO)NC(=O)Nc1cc(Cl)ccc1N(C)C. The highest BCUT2D eigenvalue weighted by Gasteiger charge is 2.24. The molecule has 0 saturated heterocycles. The van der Waals surface area contributed by atoms with Gasteiger partial charge < -0.3 is 20.6 Å². The maximum absolute atomic E-state index is 12.2. The molecule has 1 aromatic carbocycles. The van der Waals surface area contributed by atoms with Gasteiger partial charge >= 0.3 is 6.03 Å². The van der Waals surface area contributed by atoms with Crippen LogP contribution in [-0.2, 0) is 0 Å². The number of aliphatic hydroxyl groups excluding tert-OH is 1. The summed E-state index contributed by atoms with van der Waals surface area (Å²) in [4.78, 5) is 14.1. The molecule has 0 radical (unpaired) electrons. The number of nitrogens with zero attached hydrogens (tertiary/aromatic N) is 1. The van der Waals surface area contributed by atoms with Crippen molar-refractivity contribution in [2.45, 2.75) is 32.2 Å². The van der Waals surface area contributed by atoms with Crippen LogP contribution in [0.4, 0.5) is 16.2 Å². The molecule has 0 aliphatic heterocycles. The van der Waals surface area contributed by atoms with Gasteiger partial charge in [0.1, 0.15) is 0 Å². The number of carbonyl (C=O) groups is 1. The minimum Gasteiger partial charge on any atom is -0.396 e. The molecular formula is C15H24ClN3O2. The maximum atomic E-state index is 12.2. The van der Waals surface area contributed by atoms with Crippen LogP contribution in [0, 0.1) is 0 Å². The third-order valence-corrected chi connectivity index (χ3v) is 3.78. The highest BCUT2D eigenvalue weighted by atomic mass is 35.5. The Morgan fingerprint density at radius 2 is 2.10 bits per heavy atom.